The van der Waals surface area contributed by atoms with Gasteiger partial charge in [0.15, 0.2) is 5.82 Å². The summed E-state index contributed by atoms with van der Waals surface area (Å²) in [6.45, 7) is 0. The number of nitrogens with zero attached hydrogens (tertiary/aromatic N) is 3. The number of benzene rings is 7. The first-order chi connectivity index (χ1) is 22.8. The highest BCUT2D eigenvalue weighted by Gasteiger charge is 2.14. The Labute approximate surface area is 266 Å². The van der Waals surface area contributed by atoms with Gasteiger partial charge in [-0.05, 0) is 56.3 Å². The maximum absolute atomic E-state index is 5.17. The first-order valence-electron chi connectivity index (χ1n) is 15.5. The zero-order valence-corrected chi connectivity index (χ0v) is 24.9. The van der Waals surface area contributed by atoms with Crippen LogP contribution in [0.3, 0.4) is 0 Å². The molecule has 0 amide bonds. The molecular weight excluding hydrogens is 558 g/mol. The van der Waals surface area contributed by atoms with Gasteiger partial charge in [0.05, 0.1) is 16.9 Å². The van der Waals surface area contributed by atoms with Crippen LogP contribution in [0.1, 0.15) is 0 Å². The number of aromatic nitrogens is 3. The van der Waals surface area contributed by atoms with Crippen molar-refractivity contribution in [3.05, 3.63) is 164 Å². The average molecular weight is 586 g/mol. The summed E-state index contributed by atoms with van der Waals surface area (Å²) in [5.74, 6) is 0.694. The van der Waals surface area contributed by atoms with E-state index in [1.54, 1.807) is 0 Å². The molecule has 46 heavy (non-hydrogen) atoms. The summed E-state index contributed by atoms with van der Waals surface area (Å²) in [7, 11) is 0. The number of hydrogen-bond donors (Lipinski definition) is 0. The second kappa shape index (κ2) is 10.8. The van der Waals surface area contributed by atoms with Crippen LogP contribution in [-0.2, 0) is 0 Å². The lowest BCUT2D eigenvalue weighted by Gasteiger charge is -2.12. The molecule has 0 atom stereocenters. The van der Waals surface area contributed by atoms with Crippen molar-refractivity contribution in [2.75, 3.05) is 0 Å². The van der Waals surface area contributed by atoms with Crippen molar-refractivity contribution in [2.45, 2.75) is 0 Å². The first kappa shape index (κ1) is 26.2. The molecule has 7 aromatic carbocycles. The van der Waals surface area contributed by atoms with E-state index in [4.69, 9.17) is 15.0 Å². The smallest absolute Gasteiger partial charge is 0.160 e. The fourth-order valence-electron chi connectivity index (χ4n) is 6.65. The van der Waals surface area contributed by atoms with E-state index < -0.39 is 0 Å². The molecule has 3 heteroatoms. The fraction of sp³-hybridized carbons (Fsp3) is 0. The molecule has 0 saturated heterocycles. The third-order valence-electron chi connectivity index (χ3n) is 8.91. The molecule has 214 valence electrons. The second-order valence-electron chi connectivity index (χ2n) is 11.6. The monoisotopic (exact) mass is 585 g/mol. The van der Waals surface area contributed by atoms with Crippen LogP contribution in [0, 0.1) is 0 Å². The average Bonchev–Trinajstić information content (AvgIpc) is 3.15. The van der Waals surface area contributed by atoms with E-state index in [2.05, 4.69) is 140 Å². The summed E-state index contributed by atoms with van der Waals surface area (Å²) in [6.07, 6.45) is 2.02. The summed E-state index contributed by atoms with van der Waals surface area (Å²) >= 11 is 0. The van der Waals surface area contributed by atoms with Gasteiger partial charge in [0.1, 0.15) is 0 Å². The third kappa shape index (κ3) is 4.41. The van der Waals surface area contributed by atoms with Crippen LogP contribution in [0.5, 0.6) is 0 Å². The maximum Gasteiger partial charge on any atom is 0.160 e. The van der Waals surface area contributed by atoms with E-state index in [0.717, 1.165) is 44.4 Å². The van der Waals surface area contributed by atoms with Gasteiger partial charge in [0.2, 0.25) is 0 Å². The van der Waals surface area contributed by atoms with Gasteiger partial charge in [-0.15, -0.1) is 0 Å². The van der Waals surface area contributed by atoms with Crippen molar-refractivity contribution in [3.8, 4) is 45.0 Å². The Balaban J connectivity index is 1.17. The van der Waals surface area contributed by atoms with Gasteiger partial charge in [-0.25, -0.2) is 9.97 Å². The van der Waals surface area contributed by atoms with Crippen molar-refractivity contribution in [1.29, 1.82) is 0 Å². The summed E-state index contributed by atoms with van der Waals surface area (Å²) in [5.41, 5.74) is 8.19. The molecule has 0 saturated carbocycles. The topological polar surface area (TPSA) is 38.7 Å². The van der Waals surface area contributed by atoms with Crippen LogP contribution >= 0.6 is 0 Å². The molecule has 9 aromatic rings. The van der Waals surface area contributed by atoms with E-state index in [1.165, 1.54) is 38.1 Å². The molecule has 2 aromatic heterocycles. The number of para-hydroxylation sites is 1. The fourth-order valence-corrected chi connectivity index (χ4v) is 6.65. The van der Waals surface area contributed by atoms with E-state index in [9.17, 15) is 0 Å². The van der Waals surface area contributed by atoms with Gasteiger partial charge in [-0.1, -0.05) is 140 Å². The molecular formula is C43H27N3. The molecule has 0 N–H and O–H groups in total. The molecule has 0 aliphatic heterocycles. The lowest BCUT2D eigenvalue weighted by molar-refractivity contribution is 1.23. The zero-order valence-electron chi connectivity index (χ0n) is 24.9. The maximum atomic E-state index is 5.17. The van der Waals surface area contributed by atoms with Crippen molar-refractivity contribution < 1.29 is 0 Å². The molecule has 0 aliphatic rings. The van der Waals surface area contributed by atoms with Crippen LogP contribution in [0.4, 0.5) is 0 Å². The first-order valence-corrected chi connectivity index (χ1v) is 15.5. The van der Waals surface area contributed by atoms with Crippen LogP contribution in [0.2, 0.25) is 0 Å². The number of hydrogen-bond acceptors (Lipinski definition) is 3. The van der Waals surface area contributed by atoms with Crippen molar-refractivity contribution in [3.63, 3.8) is 0 Å². The van der Waals surface area contributed by atoms with Gasteiger partial charge in [-0.3, -0.25) is 4.98 Å². The third-order valence-corrected chi connectivity index (χ3v) is 8.91. The van der Waals surface area contributed by atoms with E-state index in [-0.39, 0.29) is 0 Å². The Morgan fingerprint density at radius 2 is 0.870 bits per heavy atom. The zero-order chi connectivity index (χ0) is 30.5. The highest BCUT2D eigenvalue weighted by Crippen LogP contribution is 2.37. The molecule has 0 spiro atoms. The van der Waals surface area contributed by atoms with Gasteiger partial charge in [-0.2, -0.15) is 0 Å². The van der Waals surface area contributed by atoms with Crippen LogP contribution in [-0.4, -0.2) is 15.0 Å². The minimum Gasteiger partial charge on any atom is -0.256 e. The second-order valence-corrected chi connectivity index (χ2v) is 11.6. The molecule has 3 nitrogen and oxygen atoms in total. The molecule has 0 bridgehead atoms. The summed E-state index contributed by atoms with van der Waals surface area (Å²) in [5, 5.41) is 8.36. The van der Waals surface area contributed by atoms with Gasteiger partial charge < -0.3 is 0 Å². The van der Waals surface area contributed by atoms with Crippen LogP contribution in [0.15, 0.2) is 164 Å². The molecule has 0 aliphatic carbocycles. The standard InChI is InChI=1S/C43H27N3/c1-2-11-28(12-3-1)29-21-23-30(24-22-29)42-37-19-8-9-20-40(37)45-43(46-42)32-14-10-13-31(25-32)41-26-38-35-17-6-4-15-33(35)34-16-5-7-18-36(34)39(38)27-44-41/h1-27H. The van der Waals surface area contributed by atoms with Crippen LogP contribution in [0.25, 0.3) is 88.2 Å². The predicted molar refractivity (Wildman–Crippen MR) is 192 cm³/mol. The normalized spacial score (nSPS) is 11.5. The van der Waals surface area contributed by atoms with E-state index in [1.807, 2.05) is 24.4 Å². The molecule has 0 fully saturated rings. The Hall–Kier alpha value is -6.19. The van der Waals surface area contributed by atoms with Crippen LogP contribution < -0.4 is 0 Å². The minimum atomic E-state index is 0.694. The quantitative estimate of drug-likeness (QED) is 0.193. The molecule has 0 unspecified atom stereocenters. The van der Waals surface area contributed by atoms with Gasteiger partial charge >= 0.3 is 0 Å². The highest BCUT2D eigenvalue weighted by molar-refractivity contribution is 6.25. The summed E-state index contributed by atoms with van der Waals surface area (Å²) < 4.78 is 0. The lowest BCUT2D eigenvalue weighted by Crippen LogP contribution is -1.96. The Kier molecular flexibility index (Phi) is 6.14. The number of fused-ring (bicyclic) bond motifs is 7. The lowest BCUT2D eigenvalue weighted by atomic mass is 9.94. The van der Waals surface area contributed by atoms with Crippen molar-refractivity contribution in [1.82, 2.24) is 15.0 Å². The number of pyridine rings is 1. The van der Waals surface area contributed by atoms with Gasteiger partial charge in [0, 0.05) is 33.7 Å². The number of rotatable bonds is 4. The van der Waals surface area contributed by atoms with Crippen molar-refractivity contribution >= 4 is 43.2 Å². The van der Waals surface area contributed by atoms with E-state index in [0.29, 0.717) is 5.82 Å². The SMILES string of the molecule is c1ccc(-c2ccc(-c3nc(-c4cccc(-c5cc6c7ccccc7c7ccccc7c6cn5)c4)nc4ccccc34)cc2)cc1. The Morgan fingerprint density at radius 1 is 0.326 bits per heavy atom. The summed E-state index contributed by atoms with van der Waals surface area (Å²) in [4.78, 5) is 15.2. The van der Waals surface area contributed by atoms with E-state index >= 15 is 0 Å². The Morgan fingerprint density at radius 3 is 1.61 bits per heavy atom. The minimum absolute atomic E-state index is 0.694. The highest BCUT2D eigenvalue weighted by atomic mass is 14.9. The molecule has 2 heterocycles. The largest absolute Gasteiger partial charge is 0.256 e. The molecule has 0 radical (unpaired) electrons. The van der Waals surface area contributed by atoms with Crippen molar-refractivity contribution in [2.24, 2.45) is 0 Å². The predicted octanol–water partition coefficient (Wildman–Crippen LogP) is 11.2. The summed E-state index contributed by atoms with van der Waals surface area (Å²) in [6, 6.07) is 55.2. The molecule has 9 rings (SSSR count). The van der Waals surface area contributed by atoms with Gasteiger partial charge in [0.25, 0.3) is 0 Å². The Bertz CT molecular complexity index is 2540.